The molecule has 0 bridgehead atoms. The van der Waals surface area contributed by atoms with Crippen LogP contribution in [-0.4, -0.2) is 15.5 Å². The van der Waals surface area contributed by atoms with Crippen molar-refractivity contribution < 1.29 is 21.7 Å². The van der Waals surface area contributed by atoms with Gasteiger partial charge in [0, 0.05) is 0 Å². The first-order chi connectivity index (χ1) is 9.83. The van der Waals surface area contributed by atoms with Gasteiger partial charge >= 0.3 is 10.1 Å². The van der Waals surface area contributed by atoms with Crippen LogP contribution in [0.25, 0.3) is 0 Å². The molecule has 0 atom stereocenters. The second-order valence-corrected chi connectivity index (χ2v) is 6.22. The number of ether oxygens (including phenoxy) is 1. The third-order valence-electron chi connectivity index (χ3n) is 2.70. The molecule has 2 aromatic rings. The van der Waals surface area contributed by atoms with Crippen LogP contribution in [0.2, 0.25) is 5.02 Å². The van der Waals surface area contributed by atoms with Crippen LogP contribution in [0.5, 0.6) is 11.5 Å². The van der Waals surface area contributed by atoms with Crippen molar-refractivity contribution in [1.29, 1.82) is 0 Å². The van der Waals surface area contributed by atoms with Crippen LogP contribution in [0.4, 0.5) is 4.39 Å². The molecule has 0 saturated carbocycles. The lowest BCUT2D eigenvalue weighted by atomic mass is 10.2. The minimum absolute atomic E-state index is 0.0450. The van der Waals surface area contributed by atoms with Crippen molar-refractivity contribution in [3.63, 3.8) is 0 Å². The average molecular weight is 331 g/mol. The summed E-state index contributed by atoms with van der Waals surface area (Å²) < 4.78 is 47.5. The van der Waals surface area contributed by atoms with Gasteiger partial charge in [0.05, 0.1) is 12.1 Å². The minimum Gasteiger partial charge on any atom is -0.493 e. The predicted molar refractivity (Wildman–Crippen MR) is 77.0 cm³/mol. The van der Waals surface area contributed by atoms with E-state index >= 15 is 0 Å². The van der Waals surface area contributed by atoms with Gasteiger partial charge in [-0.05, 0) is 42.8 Å². The molecule has 0 aliphatic heterocycles. The molecular formula is C14H12ClFO4S. The molecule has 7 heteroatoms. The third kappa shape index (κ3) is 3.46. The van der Waals surface area contributed by atoms with E-state index in [2.05, 4.69) is 0 Å². The third-order valence-corrected chi connectivity index (χ3v) is 4.22. The molecule has 2 rings (SSSR count). The molecule has 0 amide bonds. The van der Waals surface area contributed by atoms with Gasteiger partial charge in [-0.2, -0.15) is 8.42 Å². The summed E-state index contributed by atoms with van der Waals surface area (Å²) >= 11 is 5.58. The standard InChI is InChI=1S/C14H12ClFO4S/c1-9-3-6-13(14(7-9)19-2)20-21(17,18)10-4-5-12(16)11(15)8-10/h3-8H,1-2H3. The van der Waals surface area contributed by atoms with Crippen molar-refractivity contribution in [3.05, 3.63) is 52.8 Å². The maximum absolute atomic E-state index is 13.1. The maximum atomic E-state index is 13.1. The van der Waals surface area contributed by atoms with Crippen LogP contribution >= 0.6 is 11.6 Å². The molecule has 0 fully saturated rings. The SMILES string of the molecule is COc1cc(C)ccc1OS(=O)(=O)c1ccc(F)c(Cl)c1. The molecule has 0 spiro atoms. The summed E-state index contributed by atoms with van der Waals surface area (Å²) in [5, 5.41) is -0.296. The van der Waals surface area contributed by atoms with Crippen molar-refractivity contribution in [1.82, 2.24) is 0 Å². The highest BCUT2D eigenvalue weighted by Gasteiger charge is 2.20. The smallest absolute Gasteiger partial charge is 0.339 e. The summed E-state index contributed by atoms with van der Waals surface area (Å²) in [7, 11) is -2.72. The monoisotopic (exact) mass is 330 g/mol. The number of benzene rings is 2. The summed E-state index contributed by atoms with van der Waals surface area (Å²) in [4.78, 5) is -0.239. The lowest BCUT2D eigenvalue weighted by molar-refractivity contribution is 0.390. The Balaban J connectivity index is 2.39. The van der Waals surface area contributed by atoms with Crippen molar-refractivity contribution in [2.75, 3.05) is 7.11 Å². The van der Waals surface area contributed by atoms with Crippen molar-refractivity contribution in [2.45, 2.75) is 11.8 Å². The van der Waals surface area contributed by atoms with Gasteiger partial charge in [-0.3, -0.25) is 0 Å². The Kier molecular flexibility index (Phi) is 4.39. The fourth-order valence-corrected chi connectivity index (χ4v) is 2.85. The van der Waals surface area contributed by atoms with E-state index in [-0.39, 0.29) is 21.4 Å². The largest absolute Gasteiger partial charge is 0.493 e. The van der Waals surface area contributed by atoms with Gasteiger partial charge in [0.25, 0.3) is 0 Å². The second-order valence-electron chi connectivity index (χ2n) is 4.27. The van der Waals surface area contributed by atoms with Crippen molar-refractivity contribution >= 4 is 21.7 Å². The van der Waals surface area contributed by atoms with Gasteiger partial charge < -0.3 is 8.92 Å². The first-order valence-electron chi connectivity index (χ1n) is 5.87. The molecule has 0 saturated heterocycles. The first kappa shape index (κ1) is 15.6. The minimum atomic E-state index is -4.13. The molecule has 0 N–H and O–H groups in total. The molecule has 0 aliphatic rings. The number of halogens is 2. The van der Waals surface area contributed by atoms with Crippen LogP contribution in [0.1, 0.15) is 5.56 Å². The number of aryl methyl sites for hydroxylation is 1. The summed E-state index contributed by atoms with van der Waals surface area (Å²) in [5.74, 6) is -0.376. The first-order valence-corrected chi connectivity index (χ1v) is 7.66. The van der Waals surface area contributed by atoms with Crippen LogP contribution in [0.15, 0.2) is 41.3 Å². The maximum Gasteiger partial charge on any atom is 0.339 e. The molecule has 21 heavy (non-hydrogen) atoms. The van der Waals surface area contributed by atoms with Gasteiger partial charge in [0.2, 0.25) is 0 Å². The van der Waals surface area contributed by atoms with Crippen LogP contribution in [-0.2, 0) is 10.1 Å². The zero-order valence-electron chi connectivity index (χ0n) is 11.3. The van der Waals surface area contributed by atoms with Crippen LogP contribution in [0, 0.1) is 12.7 Å². The average Bonchev–Trinajstić information content (AvgIpc) is 2.43. The topological polar surface area (TPSA) is 52.6 Å². The Morgan fingerprint density at radius 2 is 1.81 bits per heavy atom. The lowest BCUT2D eigenvalue weighted by Gasteiger charge is -2.11. The van der Waals surface area contributed by atoms with E-state index in [4.69, 9.17) is 20.5 Å². The summed E-state index contributed by atoms with van der Waals surface area (Å²) in [6.07, 6.45) is 0. The molecule has 0 aliphatic carbocycles. The van der Waals surface area contributed by atoms with Gasteiger partial charge in [0.15, 0.2) is 11.5 Å². The van der Waals surface area contributed by atoms with Gasteiger partial charge in [-0.15, -0.1) is 0 Å². The predicted octanol–water partition coefficient (Wildman–Crippen LogP) is 3.56. The molecule has 0 aromatic heterocycles. The van der Waals surface area contributed by atoms with E-state index in [1.54, 1.807) is 12.1 Å². The summed E-state index contributed by atoms with van der Waals surface area (Å²) in [5.41, 5.74) is 0.890. The van der Waals surface area contributed by atoms with E-state index < -0.39 is 15.9 Å². The zero-order chi connectivity index (χ0) is 15.6. The molecule has 112 valence electrons. The van der Waals surface area contributed by atoms with Crippen LogP contribution < -0.4 is 8.92 Å². The molecule has 4 nitrogen and oxygen atoms in total. The van der Waals surface area contributed by atoms with E-state index in [0.717, 1.165) is 23.8 Å². The van der Waals surface area contributed by atoms with Gasteiger partial charge in [0.1, 0.15) is 10.7 Å². The van der Waals surface area contributed by atoms with Crippen LogP contribution in [0.3, 0.4) is 0 Å². The highest BCUT2D eigenvalue weighted by atomic mass is 35.5. The second kappa shape index (κ2) is 5.91. The quantitative estimate of drug-likeness (QED) is 0.804. The van der Waals surface area contributed by atoms with Crippen molar-refractivity contribution in [2.24, 2.45) is 0 Å². The molecular weight excluding hydrogens is 319 g/mol. The highest BCUT2D eigenvalue weighted by Crippen LogP contribution is 2.31. The Bertz CT molecular complexity index is 775. The van der Waals surface area contributed by atoms with Gasteiger partial charge in [-0.25, -0.2) is 4.39 Å². The fraction of sp³-hybridized carbons (Fsp3) is 0.143. The molecule has 0 heterocycles. The molecule has 2 aromatic carbocycles. The summed E-state index contributed by atoms with van der Waals surface area (Å²) in [6, 6.07) is 7.85. The number of hydrogen-bond donors (Lipinski definition) is 0. The Morgan fingerprint density at radius 3 is 2.43 bits per heavy atom. The summed E-state index contributed by atoms with van der Waals surface area (Å²) in [6.45, 7) is 1.83. The number of methoxy groups -OCH3 is 1. The van der Waals surface area contributed by atoms with Gasteiger partial charge in [-0.1, -0.05) is 17.7 Å². The lowest BCUT2D eigenvalue weighted by Crippen LogP contribution is -2.10. The molecule has 0 unspecified atom stereocenters. The number of rotatable bonds is 4. The fourth-order valence-electron chi connectivity index (χ4n) is 1.64. The van der Waals surface area contributed by atoms with E-state index in [1.165, 1.54) is 13.2 Å². The Morgan fingerprint density at radius 1 is 1.10 bits per heavy atom. The van der Waals surface area contributed by atoms with E-state index in [0.29, 0.717) is 0 Å². The number of hydrogen-bond acceptors (Lipinski definition) is 4. The van der Waals surface area contributed by atoms with E-state index in [9.17, 15) is 12.8 Å². The Hall–Kier alpha value is -1.79. The highest BCUT2D eigenvalue weighted by molar-refractivity contribution is 7.87. The zero-order valence-corrected chi connectivity index (χ0v) is 12.8. The Labute approximate surface area is 127 Å². The normalized spacial score (nSPS) is 11.2. The molecule has 0 radical (unpaired) electrons. The van der Waals surface area contributed by atoms with Crippen molar-refractivity contribution in [3.8, 4) is 11.5 Å². The van der Waals surface area contributed by atoms with E-state index in [1.807, 2.05) is 6.92 Å².